The molecular formula is C12H15NO. The average molecular weight is 189 g/mol. The standard InChI is InChI=1S/C12H15NO/c13-10-6-12(7-11(10)14-8-12)9-4-2-1-3-5-9/h1-5,10-11H,6-8,13H2/t10-,11+,12+/m1/s1. The minimum absolute atomic E-state index is 0.228. The third-order valence-electron chi connectivity index (χ3n) is 3.66. The minimum atomic E-state index is 0.228. The Bertz CT molecular complexity index is 333. The van der Waals surface area contributed by atoms with E-state index in [-0.39, 0.29) is 11.5 Å². The molecule has 1 aliphatic carbocycles. The van der Waals surface area contributed by atoms with Gasteiger partial charge in [-0.15, -0.1) is 0 Å². The molecule has 0 spiro atoms. The molecule has 0 unspecified atom stereocenters. The van der Waals surface area contributed by atoms with Gasteiger partial charge >= 0.3 is 0 Å². The molecule has 2 aliphatic rings. The molecule has 0 amide bonds. The summed E-state index contributed by atoms with van der Waals surface area (Å²) in [6, 6.07) is 10.9. The third-order valence-corrected chi connectivity index (χ3v) is 3.66. The first-order valence-corrected chi connectivity index (χ1v) is 5.23. The highest BCUT2D eigenvalue weighted by Gasteiger charge is 2.51. The van der Waals surface area contributed by atoms with Gasteiger partial charge in [-0.1, -0.05) is 30.3 Å². The van der Waals surface area contributed by atoms with Gasteiger partial charge in [0.2, 0.25) is 0 Å². The van der Waals surface area contributed by atoms with Crippen LogP contribution in [-0.2, 0) is 10.2 Å². The van der Waals surface area contributed by atoms with Crippen LogP contribution in [0.1, 0.15) is 18.4 Å². The van der Waals surface area contributed by atoms with Crippen LogP contribution in [-0.4, -0.2) is 18.8 Å². The first kappa shape index (κ1) is 8.45. The summed E-state index contributed by atoms with van der Waals surface area (Å²) in [5, 5.41) is 0. The van der Waals surface area contributed by atoms with E-state index in [1.807, 2.05) is 0 Å². The van der Waals surface area contributed by atoms with Crippen molar-refractivity contribution in [2.45, 2.75) is 30.4 Å². The predicted molar refractivity (Wildman–Crippen MR) is 55.1 cm³/mol. The number of benzene rings is 1. The maximum Gasteiger partial charge on any atom is 0.0736 e. The second-order valence-corrected chi connectivity index (χ2v) is 4.57. The Labute approximate surface area is 84.1 Å². The lowest BCUT2D eigenvalue weighted by molar-refractivity contribution is 0.0551. The maximum atomic E-state index is 6.02. The normalized spacial score (nSPS) is 40.4. The van der Waals surface area contributed by atoms with Crippen molar-refractivity contribution < 1.29 is 4.74 Å². The molecule has 2 heteroatoms. The van der Waals surface area contributed by atoms with Gasteiger partial charge in [0.05, 0.1) is 12.7 Å². The van der Waals surface area contributed by atoms with Gasteiger partial charge in [0.15, 0.2) is 0 Å². The van der Waals surface area contributed by atoms with Crippen LogP contribution in [0.15, 0.2) is 30.3 Å². The molecule has 1 aliphatic heterocycles. The highest BCUT2D eigenvalue weighted by atomic mass is 16.5. The second-order valence-electron chi connectivity index (χ2n) is 4.57. The van der Waals surface area contributed by atoms with Gasteiger partial charge in [-0.2, -0.15) is 0 Å². The number of hydrogen-bond acceptors (Lipinski definition) is 2. The van der Waals surface area contributed by atoms with E-state index in [0.717, 1.165) is 19.4 Å². The SMILES string of the molecule is N[C@@H]1C[C@@]2(c3ccccc3)CO[C@H]1C2. The number of hydrogen-bond donors (Lipinski definition) is 1. The average Bonchev–Trinajstić information content (AvgIpc) is 2.77. The fourth-order valence-electron chi connectivity index (χ4n) is 2.88. The minimum Gasteiger partial charge on any atom is -0.376 e. The topological polar surface area (TPSA) is 35.2 Å². The van der Waals surface area contributed by atoms with Crippen molar-refractivity contribution in [3.63, 3.8) is 0 Å². The zero-order chi connectivity index (χ0) is 9.60. The van der Waals surface area contributed by atoms with E-state index in [1.165, 1.54) is 5.56 Å². The van der Waals surface area contributed by atoms with Crippen molar-refractivity contribution in [1.29, 1.82) is 0 Å². The molecule has 3 atom stereocenters. The van der Waals surface area contributed by atoms with E-state index in [0.29, 0.717) is 6.10 Å². The smallest absolute Gasteiger partial charge is 0.0736 e. The summed E-state index contributed by atoms with van der Waals surface area (Å²) < 4.78 is 5.70. The summed E-state index contributed by atoms with van der Waals surface area (Å²) in [5.41, 5.74) is 7.64. The van der Waals surface area contributed by atoms with E-state index in [9.17, 15) is 0 Å². The number of ether oxygens (including phenoxy) is 1. The van der Waals surface area contributed by atoms with E-state index in [2.05, 4.69) is 30.3 Å². The molecule has 1 aromatic rings. The Morgan fingerprint density at radius 2 is 2.00 bits per heavy atom. The molecule has 74 valence electrons. The Balaban J connectivity index is 1.99. The molecule has 2 fully saturated rings. The summed E-state index contributed by atoms with van der Waals surface area (Å²) in [7, 11) is 0. The van der Waals surface area contributed by atoms with E-state index >= 15 is 0 Å². The monoisotopic (exact) mass is 189 g/mol. The van der Waals surface area contributed by atoms with Crippen molar-refractivity contribution in [3.05, 3.63) is 35.9 Å². The van der Waals surface area contributed by atoms with Crippen LogP contribution in [0.5, 0.6) is 0 Å². The summed E-state index contributed by atoms with van der Waals surface area (Å²) in [4.78, 5) is 0. The van der Waals surface area contributed by atoms with Gasteiger partial charge in [-0.3, -0.25) is 0 Å². The van der Waals surface area contributed by atoms with Crippen LogP contribution in [0.4, 0.5) is 0 Å². The van der Waals surface area contributed by atoms with Gasteiger partial charge in [0, 0.05) is 11.5 Å². The van der Waals surface area contributed by atoms with Gasteiger partial charge in [0.1, 0.15) is 0 Å². The summed E-state index contributed by atoms with van der Waals surface area (Å²) in [5.74, 6) is 0. The second kappa shape index (κ2) is 2.81. The van der Waals surface area contributed by atoms with Crippen LogP contribution in [0.25, 0.3) is 0 Å². The zero-order valence-electron chi connectivity index (χ0n) is 8.15. The molecule has 3 rings (SSSR count). The quantitative estimate of drug-likeness (QED) is 0.725. The maximum absolute atomic E-state index is 6.02. The molecule has 1 saturated heterocycles. The highest BCUT2D eigenvalue weighted by Crippen LogP contribution is 2.47. The first-order chi connectivity index (χ1) is 6.80. The van der Waals surface area contributed by atoms with E-state index < -0.39 is 0 Å². The molecule has 14 heavy (non-hydrogen) atoms. The molecule has 1 heterocycles. The summed E-state index contributed by atoms with van der Waals surface area (Å²) in [6.07, 6.45) is 2.50. The van der Waals surface area contributed by atoms with Crippen LogP contribution in [0, 0.1) is 0 Å². The van der Waals surface area contributed by atoms with Crippen LogP contribution in [0.2, 0.25) is 0 Å². The Morgan fingerprint density at radius 1 is 1.21 bits per heavy atom. The predicted octanol–water partition coefficient (Wildman–Crippen LogP) is 1.44. The fourth-order valence-corrected chi connectivity index (χ4v) is 2.88. The largest absolute Gasteiger partial charge is 0.376 e. The lowest BCUT2D eigenvalue weighted by atomic mass is 9.80. The third kappa shape index (κ3) is 1.04. The molecule has 2 nitrogen and oxygen atoms in total. The van der Waals surface area contributed by atoms with Crippen LogP contribution >= 0.6 is 0 Å². The van der Waals surface area contributed by atoms with Crippen molar-refractivity contribution >= 4 is 0 Å². The molecule has 0 radical (unpaired) electrons. The van der Waals surface area contributed by atoms with Crippen molar-refractivity contribution in [3.8, 4) is 0 Å². The molecule has 1 saturated carbocycles. The van der Waals surface area contributed by atoms with Gasteiger partial charge in [0.25, 0.3) is 0 Å². The molecule has 2 N–H and O–H groups in total. The summed E-state index contributed by atoms with van der Waals surface area (Å²) in [6.45, 7) is 0.857. The number of fused-ring (bicyclic) bond motifs is 2. The zero-order valence-corrected chi connectivity index (χ0v) is 8.15. The molecular weight excluding hydrogens is 174 g/mol. The van der Waals surface area contributed by atoms with Gasteiger partial charge in [-0.05, 0) is 18.4 Å². The molecule has 2 bridgehead atoms. The van der Waals surface area contributed by atoms with Crippen molar-refractivity contribution in [2.75, 3.05) is 6.61 Å². The summed E-state index contributed by atoms with van der Waals surface area (Å²) >= 11 is 0. The lowest BCUT2D eigenvalue weighted by Gasteiger charge is -2.28. The van der Waals surface area contributed by atoms with Crippen LogP contribution in [0.3, 0.4) is 0 Å². The highest BCUT2D eigenvalue weighted by molar-refractivity contribution is 5.30. The Morgan fingerprint density at radius 3 is 2.57 bits per heavy atom. The van der Waals surface area contributed by atoms with E-state index in [1.54, 1.807) is 0 Å². The molecule has 1 aromatic carbocycles. The lowest BCUT2D eigenvalue weighted by Crippen LogP contribution is -2.37. The van der Waals surface area contributed by atoms with Gasteiger partial charge in [-0.25, -0.2) is 0 Å². The van der Waals surface area contributed by atoms with E-state index in [4.69, 9.17) is 10.5 Å². The van der Waals surface area contributed by atoms with Crippen molar-refractivity contribution in [2.24, 2.45) is 5.73 Å². The molecule has 0 aromatic heterocycles. The Kier molecular flexibility index (Phi) is 1.70. The van der Waals surface area contributed by atoms with Gasteiger partial charge < -0.3 is 10.5 Å². The Hall–Kier alpha value is -0.860. The number of rotatable bonds is 1. The van der Waals surface area contributed by atoms with Crippen molar-refractivity contribution in [1.82, 2.24) is 0 Å². The number of nitrogens with two attached hydrogens (primary N) is 1. The van der Waals surface area contributed by atoms with Crippen LogP contribution < -0.4 is 5.73 Å². The first-order valence-electron chi connectivity index (χ1n) is 5.23. The fraction of sp³-hybridized carbons (Fsp3) is 0.500.